The summed E-state index contributed by atoms with van der Waals surface area (Å²) < 4.78 is 66.8. The molecular weight excluding hydrogens is 407 g/mol. The molecule has 0 saturated carbocycles. The first-order valence-electron chi connectivity index (χ1n) is 10.2. The van der Waals surface area contributed by atoms with E-state index in [1.54, 1.807) is 13.1 Å². The van der Waals surface area contributed by atoms with Gasteiger partial charge in [-0.1, -0.05) is 11.6 Å². The molecule has 1 aliphatic rings. The summed E-state index contributed by atoms with van der Waals surface area (Å²) in [4.78, 5) is 3.61. The van der Waals surface area contributed by atoms with Gasteiger partial charge in [0.1, 0.15) is 11.2 Å². The fourth-order valence-electron chi connectivity index (χ4n) is 3.72. The predicted octanol–water partition coefficient (Wildman–Crippen LogP) is 2.44. The van der Waals surface area contributed by atoms with Crippen LogP contribution in [0.25, 0.3) is 5.65 Å². The molecule has 0 spiro atoms. The Kier molecular flexibility index (Phi) is 3.84. The zero-order valence-corrected chi connectivity index (χ0v) is 16.8. The molecule has 0 amide bonds. The van der Waals surface area contributed by atoms with Crippen LogP contribution in [0.1, 0.15) is 39.7 Å². The van der Waals surface area contributed by atoms with Crippen molar-refractivity contribution < 1.29 is 16.9 Å². The van der Waals surface area contributed by atoms with Gasteiger partial charge in [-0.2, -0.15) is 14.5 Å². The molecule has 8 nitrogen and oxygen atoms in total. The lowest BCUT2D eigenvalue weighted by molar-refractivity contribution is 0.318. The Morgan fingerprint density at radius 3 is 2.68 bits per heavy atom. The van der Waals surface area contributed by atoms with Gasteiger partial charge in [0.2, 0.25) is 10.0 Å². The van der Waals surface area contributed by atoms with Crippen LogP contribution in [0.2, 0.25) is 5.15 Å². The maximum absolute atomic E-state index is 14.6. The second kappa shape index (κ2) is 6.78. The van der Waals surface area contributed by atoms with Crippen LogP contribution in [0.4, 0.5) is 4.39 Å². The summed E-state index contributed by atoms with van der Waals surface area (Å²) in [6.07, 6.45) is 3.94. The van der Waals surface area contributed by atoms with E-state index in [0.29, 0.717) is 23.1 Å². The van der Waals surface area contributed by atoms with Gasteiger partial charge in [-0.25, -0.2) is 22.3 Å². The molecule has 4 rings (SSSR count). The maximum Gasteiger partial charge on any atom is 0.248 e. The van der Waals surface area contributed by atoms with E-state index in [1.165, 1.54) is 22.1 Å². The molecule has 0 bridgehead atoms. The molecule has 4 heterocycles. The van der Waals surface area contributed by atoms with Gasteiger partial charge < -0.3 is 0 Å². The second-order valence-electron chi connectivity index (χ2n) is 6.85. The molecule has 28 heavy (non-hydrogen) atoms. The minimum atomic E-state index is -4.05. The van der Waals surface area contributed by atoms with Crippen LogP contribution in [0.3, 0.4) is 0 Å². The predicted molar refractivity (Wildman–Crippen MR) is 101 cm³/mol. The SMILES string of the molecule is [2H]C([2H])([2H])n1nc(Cl)c(S(=O)(=O)N2CCC(c3cn4ncnc4c(F)c3C)CC2)c1C. The highest BCUT2D eigenvalue weighted by atomic mass is 35.5. The number of nitrogens with zero attached hydrogens (tertiary/aromatic N) is 6. The Morgan fingerprint density at radius 2 is 2.04 bits per heavy atom. The molecule has 150 valence electrons. The molecule has 0 atom stereocenters. The first-order chi connectivity index (χ1) is 14.4. The number of hydrogen-bond donors (Lipinski definition) is 0. The Bertz CT molecular complexity index is 1270. The van der Waals surface area contributed by atoms with E-state index in [9.17, 15) is 12.8 Å². The highest BCUT2D eigenvalue weighted by Crippen LogP contribution is 2.35. The zero-order valence-electron chi connectivity index (χ0n) is 18.2. The van der Waals surface area contributed by atoms with Crippen molar-refractivity contribution >= 4 is 27.3 Å². The monoisotopic (exact) mass is 429 g/mol. The minimum absolute atomic E-state index is 0.0401. The van der Waals surface area contributed by atoms with Gasteiger partial charge in [0.25, 0.3) is 0 Å². The number of aromatic nitrogens is 5. The number of halogens is 2. The molecule has 1 fully saturated rings. The highest BCUT2D eigenvalue weighted by Gasteiger charge is 2.35. The summed E-state index contributed by atoms with van der Waals surface area (Å²) in [5, 5.41) is 7.34. The minimum Gasteiger partial charge on any atom is -0.270 e. The summed E-state index contributed by atoms with van der Waals surface area (Å²) in [6, 6.07) is 0. The Labute approximate surface area is 171 Å². The first kappa shape index (κ1) is 15.8. The number of aryl methyl sites for hydroxylation is 1. The summed E-state index contributed by atoms with van der Waals surface area (Å²) in [7, 11) is -4.05. The highest BCUT2D eigenvalue weighted by molar-refractivity contribution is 7.89. The number of hydrogen-bond acceptors (Lipinski definition) is 5. The summed E-state index contributed by atoms with van der Waals surface area (Å²) in [6.45, 7) is 0.756. The molecule has 0 N–H and O–H groups in total. The van der Waals surface area contributed by atoms with Crippen molar-refractivity contribution in [1.82, 2.24) is 28.7 Å². The average Bonchev–Trinajstić information content (AvgIpc) is 3.28. The van der Waals surface area contributed by atoms with Gasteiger partial charge in [-0.15, -0.1) is 0 Å². The van der Waals surface area contributed by atoms with Crippen molar-refractivity contribution in [2.75, 3.05) is 13.1 Å². The molecular formula is C17H20ClFN6O2S. The smallest absolute Gasteiger partial charge is 0.248 e. The first-order valence-corrected chi connectivity index (χ1v) is 10.5. The molecule has 11 heteroatoms. The Hall–Kier alpha value is -2.04. The van der Waals surface area contributed by atoms with Gasteiger partial charge in [0.05, 0.1) is 5.69 Å². The van der Waals surface area contributed by atoms with Crippen molar-refractivity contribution in [3.63, 3.8) is 0 Å². The summed E-state index contributed by atoms with van der Waals surface area (Å²) in [5.41, 5.74) is 1.34. The van der Waals surface area contributed by atoms with Crippen molar-refractivity contribution in [2.45, 2.75) is 37.5 Å². The average molecular weight is 430 g/mol. The lowest BCUT2D eigenvalue weighted by atomic mass is 9.88. The normalized spacial score (nSPS) is 18.9. The van der Waals surface area contributed by atoms with E-state index in [-0.39, 0.29) is 40.4 Å². The van der Waals surface area contributed by atoms with Crippen LogP contribution in [-0.4, -0.2) is 50.2 Å². The summed E-state index contributed by atoms with van der Waals surface area (Å²) >= 11 is 6.02. The van der Waals surface area contributed by atoms with E-state index < -0.39 is 22.8 Å². The van der Waals surface area contributed by atoms with Crippen LogP contribution in [0.5, 0.6) is 0 Å². The van der Waals surface area contributed by atoms with Gasteiger partial charge >= 0.3 is 0 Å². The molecule has 0 aromatic carbocycles. The quantitative estimate of drug-likeness (QED) is 0.638. The van der Waals surface area contributed by atoms with Crippen LogP contribution in [-0.2, 0) is 17.0 Å². The lowest BCUT2D eigenvalue weighted by Crippen LogP contribution is -2.38. The molecule has 0 aliphatic carbocycles. The number of pyridine rings is 1. The number of rotatable bonds is 3. The van der Waals surface area contributed by atoms with Crippen molar-refractivity contribution in [3.8, 4) is 0 Å². The van der Waals surface area contributed by atoms with Gasteiger partial charge in [-0.3, -0.25) is 4.68 Å². The standard InChI is InChI=1S/C17H20ClFN6O2S/c1-10-13(8-25-17(14(10)19)20-9-21-25)12-4-6-24(7-5-12)28(26,27)15-11(2)23(3)22-16(15)18/h8-9,12H,4-7H2,1-3H3/i3D3. The van der Waals surface area contributed by atoms with Gasteiger partial charge in [-0.05, 0) is 43.7 Å². The van der Waals surface area contributed by atoms with Crippen molar-refractivity contribution in [3.05, 3.63) is 40.3 Å². The Balaban J connectivity index is 1.60. The second-order valence-corrected chi connectivity index (χ2v) is 9.08. The number of sulfonamides is 1. The fourth-order valence-corrected chi connectivity index (χ4v) is 5.89. The van der Waals surface area contributed by atoms with Crippen LogP contribution in [0, 0.1) is 19.7 Å². The largest absolute Gasteiger partial charge is 0.270 e. The van der Waals surface area contributed by atoms with E-state index >= 15 is 0 Å². The zero-order chi connectivity index (χ0) is 22.7. The third-order valence-corrected chi connectivity index (χ3v) is 7.73. The van der Waals surface area contributed by atoms with Crippen LogP contribution < -0.4 is 0 Å². The molecule has 1 saturated heterocycles. The number of fused-ring (bicyclic) bond motifs is 1. The molecule has 3 aromatic rings. The van der Waals surface area contributed by atoms with E-state index in [4.69, 9.17) is 15.7 Å². The third-order valence-electron chi connectivity index (χ3n) is 5.31. The van der Waals surface area contributed by atoms with Crippen molar-refractivity contribution in [2.24, 2.45) is 6.98 Å². The van der Waals surface area contributed by atoms with Crippen molar-refractivity contribution in [1.29, 1.82) is 0 Å². The number of piperidine rings is 1. The topological polar surface area (TPSA) is 85.4 Å². The third kappa shape index (κ3) is 2.90. The van der Waals surface area contributed by atoms with Crippen LogP contribution in [0.15, 0.2) is 17.4 Å². The fraction of sp³-hybridized carbons (Fsp3) is 0.471. The molecule has 1 aliphatic heterocycles. The maximum atomic E-state index is 14.6. The lowest BCUT2D eigenvalue weighted by Gasteiger charge is -2.32. The van der Waals surface area contributed by atoms with E-state index in [0.717, 1.165) is 5.56 Å². The molecule has 0 unspecified atom stereocenters. The van der Waals surface area contributed by atoms with Gasteiger partial charge in [0, 0.05) is 30.4 Å². The van der Waals surface area contributed by atoms with E-state index in [2.05, 4.69) is 15.2 Å². The molecule has 3 aromatic heterocycles. The summed E-state index contributed by atoms with van der Waals surface area (Å²) in [5.74, 6) is -0.499. The van der Waals surface area contributed by atoms with Gasteiger partial charge in [0.15, 0.2) is 16.6 Å². The van der Waals surface area contributed by atoms with Crippen LogP contribution >= 0.6 is 11.6 Å². The Morgan fingerprint density at radius 1 is 1.32 bits per heavy atom. The molecule has 0 radical (unpaired) electrons. The van der Waals surface area contributed by atoms with E-state index in [1.807, 2.05) is 0 Å².